The van der Waals surface area contributed by atoms with E-state index in [2.05, 4.69) is 0 Å². The predicted molar refractivity (Wildman–Crippen MR) is 78.9 cm³/mol. The van der Waals surface area contributed by atoms with Gasteiger partial charge in [0, 0.05) is 19.7 Å². The van der Waals surface area contributed by atoms with E-state index in [9.17, 15) is 14.7 Å². The van der Waals surface area contributed by atoms with Crippen LogP contribution in [0.1, 0.15) is 46.5 Å². The molecular formula is C16H27NO4. The van der Waals surface area contributed by atoms with Crippen LogP contribution in [0.5, 0.6) is 0 Å². The zero-order chi connectivity index (χ0) is 15.6. The van der Waals surface area contributed by atoms with Crippen molar-refractivity contribution in [3.63, 3.8) is 0 Å². The van der Waals surface area contributed by atoms with Gasteiger partial charge in [-0.05, 0) is 52.4 Å². The van der Waals surface area contributed by atoms with Crippen molar-refractivity contribution in [1.29, 1.82) is 0 Å². The molecule has 2 aliphatic rings. The van der Waals surface area contributed by atoms with Crippen molar-refractivity contribution in [3.05, 3.63) is 0 Å². The summed E-state index contributed by atoms with van der Waals surface area (Å²) in [4.78, 5) is 26.0. The minimum absolute atomic E-state index is 0.0208. The SMILES string of the molecule is CC1OCCCC1C(=O)N1CCCC(C(C)(C)C(=O)O)C1. The maximum atomic E-state index is 12.7. The molecular weight excluding hydrogens is 270 g/mol. The van der Waals surface area contributed by atoms with E-state index in [0.717, 1.165) is 38.8 Å². The molecule has 2 saturated heterocycles. The number of rotatable bonds is 3. The lowest BCUT2D eigenvalue weighted by Crippen LogP contribution is -2.50. The molecule has 0 spiro atoms. The largest absolute Gasteiger partial charge is 0.481 e. The number of carbonyl (C=O) groups excluding carboxylic acids is 1. The summed E-state index contributed by atoms with van der Waals surface area (Å²) in [6.07, 6.45) is 3.54. The first-order chi connectivity index (χ1) is 9.84. The van der Waals surface area contributed by atoms with Gasteiger partial charge >= 0.3 is 5.97 Å². The second kappa shape index (κ2) is 6.34. The van der Waals surface area contributed by atoms with E-state index >= 15 is 0 Å². The van der Waals surface area contributed by atoms with Gasteiger partial charge in [-0.25, -0.2) is 0 Å². The topological polar surface area (TPSA) is 66.8 Å². The van der Waals surface area contributed by atoms with Crippen LogP contribution in [0.25, 0.3) is 0 Å². The molecule has 2 fully saturated rings. The summed E-state index contributed by atoms with van der Waals surface area (Å²) >= 11 is 0. The second-order valence-corrected chi connectivity index (χ2v) is 6.97. The molecule has 5 nitrogen and oxygen atoms in total. The molecule has 3 atom stereocenters. The maximum absolute atomic E-state index is 12.7. The van der Waals surface area contributed by atoms with Gasteiger partial charge in [0.1, 0.15) is 0 Å². The number of hydrogen-bond donors (Lipinski definition) is 1. The first-order valence-electron chi connectivity index (χ1n) is 7.98. The van der Waals surface area contributed by atoms with Crippen LogP contribution in [-0.4, -0.2) is 47.7 Å². The van der Waals surface area contributed by atoms with Gasteiger partial charge in [0.2, 0.25) is 5.91 Å². The van der Waals surface area contributed by atoms with Crippen LogP contribution in [0.15, 0.2) is 0 Å². The summed E-state index contributed by atoms with van der Waals surface area (Å²) in [5.41, 5.74) is -0.784. The molecule has 0 bridgehead atoms. The lowest BCUT2D eigenvalue weighted by Gasteiger charge is -2.41. The highest BCUT2D eigenvalue weighted by atomic mass is 16.5. The van der Waals surface area contributed by atoms with Crippen molar-refractivity contribution in [2.75, 3.05) is 19.7 Å². The lowest BCUT2D eigenvalue weighted by atomic mass is 9.74. The average Bonchev–Trinajstić information content (AvgIpc) is 2.47. The third-order valence-electron chi connectivity index (χ3n) is 5.23. The van der Waals surface area contributed by atoms with E-state index in [1.54, 1.807) is 13.8 Å². The standard InChI is InChI=1S/C16H27NO4/c1-11-13(7-5-9-21-11)14(18)17-8-4-6-12(10-17)16(2,3)15(19)20/h11-13H,4-10H2,1-3H3,(H,19,20). The molecule has 5 heteroatoms. The highest BCUT2D eigenvalue weighted by molar-refractivity contribution is 5.80. The van der Waals surface area contributed by atoms with Gasteiger partial charge in [0.15, 0.2) is 0 Å². The Morgan fingerprint density at radius 1 is 1.24 bits per heavy atom. The molecule has 120 valence electrons. The van der Waals surface area contributed by atoms with E-state index in [0.29, 0.717) is 6.54 Å². The fourth-order valence-corrected chi connectivity index (χ4v) is 3.42. The van der Waals surface area contributed by atoms with E-state index in [1.165, 1.54) is 0 Å². The first-order valence-corrected chi connectivity index (χ1v) is 7.98. The van der Waals surface area contributed by atoms with Gasteiger partial charge in [-0.2, -0.15) is 0 Å². The monoisotopic (exact) mass is 297 g/mol. The van der Waals surface area contributed by atoms with Crippen molar-refractivity contribution in [2.24, 2.45) is 17.3 Å². The van der Waals surface area contributed by atoms with E-state index < -0.39 is 11.4 Å². The summed E-state index contributed by atoms with van der Waals surface area (Å²) in [6, 6.07) is 0. The van der Waals surface area contributed by atoms with Crippen LogP contribution in [0.2, 0.25) is 0 Å². The molecule has 1 amide bonds. The Balaban J connectivity index is 2.03. The minimum Gasteiger partial charge on any atom is -0.481 e. The zero-order valence-electron chi connectivity index (χ0n) is 13.3. The highest BCUT2D eigenvalue weighted by Gasteiger charge is 2.41. The van der Waals surface area contributed by atoms with Crippen LogP contribution in [0, 0.1) is 17.3 Å². The molecule has 0 aromatic rings. The highest BCUT2D eigenvalue weighted by Crippen LogP contribution is 2.35. The molecule has 2 heterocycles. The Bertz CT molecular complexity index is 407. The van der Waals surface area contributed by atoms with Crippen LogP contribution < -0.4 is 0 Å². The van der Waals surface area contributed by atoms with Crippen LogP contribution in [0.3, 0.4) is 0 Å². The van der Waals surface area contributed by atoms with E-state index in [4.69, 9.17) is 4.74 Å². The summed E-state index contributed by atoms with van der Waals surface area (Å²) in [5.74, 6) is -0.679. The molecule has 0 aromatic heterocycles. The van der Waals surface area contributed by atoms with Crippen molar-refractivity contribution in [3.8, 4) is 0 Å². The van der Waals surface area contributed by atoms with Gasteiger partial charge in [0.25, 0.3) is 0 Å². The number of likely N-dealkylation sites (tertiary alicyclic amines) is 1. The van der Waals surface area contributed by atoms with Gasteiger partial charge in [-0.15, -0.1) is 0 Å². The normalized spacial score (nSPS) is 31.0. The molecule has 3 unspecified atom stereocenters. The number of carboxylic acids is 1. The fourth-order valence-electron chi connectivity index (χ4n) is 3.42. The number of carboxylic acid groups (broad SMARTS) is 1. The Labute approximate surface area is 126 Å². The Hall–Kier alpha value is -1.10. The van der Waals surface area contributed by atoms with Gasteiger partial charge in [-0.3, -0.25) is 9.59 Å². The molecule has 0 saturated carbocycles. The van der Waals surface area contributed by atoms with Gasteiger partial charge < -0.3 is 14.7 Å². The smallest absolute Gasteiger partial charge is 0.309 e. The fraction of sp³-hybridized carbons (Fsp3) is 0.875. The number of hydrogen-bond acceptors (Lipinski definition) is 3. The molecule has 0 radical (unpaired) electrons. The number of ether oxygens (including phenoxy) is 1. The Morgan fingerprint density at radius 3 is 2.57 bits per heavy atom. The third-order valence-corrected chi connectivity index (χ3v) is 5.23. The van der Waals surface area contributed by atoms with Crippen molar-refractivity contribution in [2.45, 2.75) is 52.6 Å². The van der Waals surface area contributed by atoms with Crippen LogP contribution in [-0.2, 0) is 14.3 Å². The summed E-state index contributed by atoms with van der Waals surface area (Å²) in [5, 5.41) is 9.39. The molecule has 21 heavy (non-hydrogen) atoms. The van der Waals surface area contributed by atoms with Crippen LogP contribution >= 0.6 is 0 Å². The van der Waals surface area contributed by atoms with Crippen molar-refractivity contribution in [1.82, 2.24) is 4.90 Å². The first kappa shape index (κ1) is 16.3. The molecule has 0 aromatic carbocycles. The predicted octanol–water partition coefficient (Wildman–Crippen LogP) is 2.15. The minimum atomic E-state index is -0.784. The molecule has 1 N–H and O–H groups in total. The summed E-state index contributed by atoms with van der Waals surface area (Å²) in [7, 11) is 0. The van der Waals surface area contributed by atoms with Gasteiger partial charge in [-0.1, -0.05) is 0 Å². The molecule has 2 rings (SSSR count). The summed E-state index contributed by atoms with van der Waals surface area (Å²) < 4.78 is 5.59. The van der Waals surface area contributed by atoms with Crippen molar-refractivity contribution >= 4 is 11.9 Å². The number of piperidine rings is 1. The Morgan fingerprint density at radius 2 is 1.95 bits per heavy atom. The van der Waals surface area contributed by atoms with Crippen LogP contribution in [0.4, 0.5) is 0 Å². The number of carbonyl (C=O) groups is 2. The maximum Gasteiger partial charge on any atom is 0.309 e. The molecule has 2 aliphatic heterocycles. The Kier molecular flexibility index (Phi) is 4.91. The summed E-state index contributed by atoms with van der Waals surface area (Å²) in [6.45, 7) is 7.53. The number of nitrogens with zero attached hydrogens (tertiary/aromatic N) is 1. The quantitative estimate of drug-likeness (QED) is 0.867. The molecule has 0 aliphatic carbocycles. The lowest BCUT2D eigenvalue weighted by molar-refractivity contribution is -0.155. The van der Waals surface area contributed by atoms with Gasteiger partial charge in [0.05, 0.1) is 17.4 Å². The van der Waals surface area contributed by atoms with E-state index in [-0.39, 0.29) is 23.8 Å². The average molecular weight is 297 g/mol. The zero-order valence-corrected chi connectivity index (χ0v) is 13.3. The van der Waals surface area contributed by atoms with E-state index in [1.807, 2.05) is 11.8 Å². The number of aliphatic carboxylic acids is 1. The second-order valence-electron chi connectivity index (χ2n) is 6.97. The van der Waals surface area contributed by atoms with Crippen molar-refractivity contribution < 1.29 is 19.4 Å². The third kappa shape index (κ3) is 3.39. The number of amides is 1.